The average Bonchev–Trinajstić information content (AvgIpc) is 2.46. The van der Waals surface area contributed by atoms with Crippen molar-refractivity contribution in [2.24, 2.45) is 0 Å². The topological polar surface area (TPSA) is 9.23 Å². The fraction of sp³-hybridized carbons (Fsp3) is 0.444. The van der Waals surface area contributed by atoms with Crippen LogP contribution in [0.4, 0.5) is 0 Å². The predicted molar refractivity (Wildman–Crippen MR) is 80.7 cm³/mol. The van der Waals surface area contributed by atoms with Gasteiger partial charge in [0.15, 0.2) is 0 Å². The van der Waals surface area contributed by atoms with Crippen LogP contribution in [0.5, 0.6) is 0 Å². The van der Waals surface area contributed by atoms with Gasteiger partial charge in [0.1, 0.15) is 13.2 Å². The highest BCUT2D eigenvalue weighted by Crippen LogP contribution is 2.00. The van der Waals surface area contributed by atoms with Crippen LogP contribution in [-0.2, 0) is 4.74 Å². The molecule has 0 fully saturated rings. The van der Waals surface area contributed by atoms with Crippen molar-refractivity contribution in [3.63, 3.8) is 0 Å². The SMILES string of the molecule is CCCCCCC#CCOCC#Cc1ccccc1. The molecule has 0 heterocycles. The second-order valence-corrected chi connectivity index (χ2v) is 4.32. The molecule has 1 nitrogen and oxygen atoms in total. The fourth-order valence-electron chi connectivity index (χ4n) is 1.59. The molecular weight excluding hydrogens is 232 g/mol. The minimum Gasteiger partial charge on any atom is -0.356 e. The van der Waals surface area contributed by atoms with Crippen LogP contribution in [0.25, 0.3) is 0 Å². The smallest absolute Gasteiger partial charge is 0.109 e. The van der Waals surface area contributed by atoms with Crippen LogP contribution in [0, 0.1) is 23.7 Å². The maximum Gasteiger partial charge on any atom is 0.109 e. The van der Waals surface area contributed by atoms with Gasteiger partial charge < -0.3 is 4.74 Å². The average molecular weight is 254 g/mol. The van der Waals surface area contributed by atoms with Gasteiger partial charge in [-0.3, -0.25) is 0 Å². The Bertz CT molecular complexity index is 439. The molecule has 0 aliphatic heterocycles. The molecule has 1 rings (SSSR count). The standard InChI is InChI=1S/C18H22O/c1-2-3-4-5-6-7-11-16-19-17-12-15-18-13-9-8-10-14-18/h8-10,13-14H,2-6,16-17H2,1H3. The van der Waals surface area contributed by atoms with Gasteiger partial charge in [-0.15, -0.1) is 5.92 Å². The van der Waals surface area contributed by atoms with Crippen molar-refractivity contribution >= 4 is 0 Å². The maximum atomic E-state index is 5.34. The summed E-state index contributed by atoms with van der Waals surface area (Å²) >= 11 is 0. The number of hydrogen-bond acceptors (Lipinski definition) is 1. The minimum absolute atomic E-state index is 0.444. The molecule has 0 saturated carbocycles. The molecule has 1 heteroatoms. The molecule has 0 saturated heterocycles. The van der Waals surface area contributed by atoms with Gasteiger partial charge >= 0.3 is 0 Å². The van der Waals surface area contributed by atoms with Gasteiger partial charge in [-0.05, 0) is 18.6 Å². The molecular formula is C18H22O. The maximum absolute atomic E-state index is 5.34. The van der Waals surface area contributed by atoms with Crippen molar-refractivity contribution in [2.75, 3.05) is 13.2 Å². The zero-order valence-corrected chi connectivity index (χ0v) is 11.7. The van der Waals surface area contributed by atoms with Crippen LogP contribution < -0.4 is 0 Å². The second kappa shape index (κ2) is 11.4. The van der Waals surface area contributed by atoms with Crippen LogP contribution in [0.1, 0.15) is 44.6 Å². The summed E-state index contributed by atoms with van der Waals surface area (Å²) in [5.74, 6) is 12.2. The fourth-order valence-corrected chi connectivity index (χ4v) is 1.59. The van der Waals surface area contributed by atoms with Gasteiger partial charge in [-0.1, -0.05) is 62.1 Å². The number of rotatable bonds is 6. The van der Waals surface area contributed by atoms with Crippen molar-refractivity contribution in [3.05, 3.63) is 35.9 Å². The Balaban J connectivity index is 2.03. The summed E-state index contributed by atoms with van der Waals surface area (Å²) in [5, 5.41) is 0. The van der Waals surface area contributed by atoms with Gasteiger partial charge in [-0.25, -0.2) is 0 Å². The van der Waals surface area contributed by atoms with Gasteiger partial charge in [0.25, 0.3) is 0 Å². The highest BCUT2D eigenvalue weighted by atomic mass is 16.5. The van der Waals surface area contributed by atoms with E-state index in [1.807, 2.05) is 30.3 Å². The second-order valence-electron chi connectivity index (χ2n) is 4.32. The molecule has 0 spiro atoms. The van der Waals surface area contributed by atoms with E-state index >= 15 is 0 Å². The van der Waals surface area contributed by atoms with E-state index in [0.717, 1.165) is 12.0 Å². The molecule has 0 N–H and O–H groups in total. The molecule has 1 aromatic carbocycles. The Morgan fingerprint density at radius 3 is 2.47 bits per heavy atom. The number of unbranched alkanes of at least 4 members (excludes halogenated alkanes) is 4. The lowest BCUT2D eigenvalue weighted by atomic mass is 10.2. The molecule has 0 aliphatic carbocycles. The van der Waals surface area contributed by atoms with E-state index in [9.17, 15) is 0 Å². The number of ether oxygens (including phenoxy) is 1. The lowest BCUT2D eigenvalue weighted by Crippen LogP contribution is -1.91. The zero-order valence-electron chi connectivity index (χ0n) is 11.7. The third-order valence-electron chi connectivity index (χ3n) is 2.64. The van der Waals surface area contributed by atoms with Crippen LogP contribution in [0.3, 0.4) is 0 Å². The first-order valence-corrected chi connectivity index (χ1v) is 7.01. The normalized spacial score (nSPS) is 9.11. The monoisotopic (exact) mass is 254 g/mol. The number of benzene rings is 1. The third-order valence-corrected chi connectivity index (χ3v) is 2.64. The van der Waals surface area contributed by atoms with Crippen molar-refractivity contribution < 1.29 is 4.74 Å². The summed E-state index contributed by atoms with van der Waals surface area (Å²) in [5.41, 5.74) is 1.02. The molecule has 0 atom stereocenters. The molecule has 0 aliphatic rings. The molecule has 0 aromatic heterocycles. The van der Waals surface area contributed by atoms with Crippen LogP contribution in [0.15, 0.2) is 30.3 Å². The highest BCUT2D eigenvalue weighted by molar-refractivity contribution is 5.33. The highest BCUT2D eigenvalue weighted by Gasteiger charge is 1.84. The molecule has 0 amide bonds. The van der Waals surface area contributed by atoms with E-state index in [-0.39, 0.29) is 0 Å². The minimum atomic E-state index is 0.444. The molecule has 0 radical (unpaired) electrons. The van der Waals surface area contributed by atoms with Gasteiger partial charge in [0.05, 0.1) is 0 Å². The van der Waals surface area contributed by atoms with E-state index in [1.165, 1.54) is 25.7 Å². The first kappa shape index (κ1) is 15.4. The zero-order chi connectivity index (χ0) is 13.6. The molecule has 0 bridgehead atoms. The van der Waals surface area contributed by atoms with E-state index in [4.69, 9.17) is 4.74 Å². The van der Waals surface area contributed by atoms with Crippen LogP contribution in [-0.4, -0.2) is 13.2 Å². The summed E-state index contributed by atoms with van der Waals surface area (Å²) in [4.78, 5) is 0. The molecule has 100 valence electrons. The Labute approximate surface area is 117 Å². The summed E-state index contributed by atoms with van der Waals surface area (Å²) in [6, 6.07) is 9.92. The first-order valence-electron chi connectivity index (χ1n) is 7.01. The lowest BCUT2D eigenvalue weighted by molar-refractivity contribution is 0.204. The van der Waals surface area contributed by atoms with Crippen molar-refractivity contribution in [1.29, 1.82) is 0 Å². The Hall–Kier alpha value is -1.70. The van der Waals surface area contributed by atoms with E-state index < -0.39 is 0 Å². The lowest BCUT2D eigenvalue weighted by Gasteiger charge is -1.92. The largest absolute Gasteiger partial charge is 0.356 e. The van der Waals surface area contributed by atoms with Crippen molar-refractivity contribution in [3.8, 4) is 23.7 Å². The molecule has 19 heavy (non-hydrogen) atoms. The Morgan fingerprint density at radius 2 is 1.68 bits per heavy atom. The Kier molecular flexibility index (Phi) is 9.21. The summed E-state index contributed by atoms with van der Waals surface area (Å²) in [7, 11) is 0. The van der Waals surface area contributed by atoms with E-state index in [2.05, 4.69) is 30.6 Å². The summed E-state index contributed by atoms with van der Waals surface area (Å²) in [6.45, 7) is 3.15. The summed E-state index contributed by atoms with van der Waals surface area (Å²) < 4.78 is 5.34. The quantitative estimate of drug-likeness (QED) is 0.550. The number of hydrogen-bond donors (Lipinski definition) is 0. The molecule has 0 unspecified atom stereocenters. The van der Waals surface area contributed by atoms with Crippen molar-refractivity contribution in [2.45, 2.75) is 39.0 Å². The van der Waals surface area contributed by atoms with E-state index in [1.54, 1.807) is 0 Å². The molecule has 1 aromatic rings. The van der Waals surface area contributed by atoms with Gasteiger partial charge in [0.2, 0.25) is 0 Å². The van der Waals surface area contributed by atoms with Gasteiger partial charge in [0, 0.05) is 12.0 Å². The van der Waals surface area contributed by atoms with Crippen LogP contribution >= 0.6 is 0 Å². The van der Waals surface area contributed by atoms with Crippen LogP contribution in [0.2, 0.25) is 0 Å². The third kappa shape index (κ3) is 8.95. The van der Waals surface area contributed by atoms with Gasteiger partial charge in [-0.2, -0.15) is 0 Å². The first-order chi connectivity index (χ1) is 9.43. The predicted octanol–water partition coefficient (Wildman–Crippen LogP) is 4.03. The van der Waals surface area contributed by atoms with Crippen molar-refractivity contribution in [1.82, 2.24) is 0 Å². The Morgan fingerprint density at radius 1 is 0.895 bits per heavy atom. The summed E-state index contributed by atoms with van der Waals surface area (Å²) in [6.07, 6.45) is 6.06. The van der Waals surface area contributed by atoms with E-state index in [0.29, 0.717) is 13.2 Å².